The number of amides is 2. The number of ether oxygens (including phenoxy) is 1. The Morgan fingerprint density at radius 3 is 2.61 bits per heavy atom. The standard InChI is InChI=1S/C25H27BrN2O3/c26-21-4-1-3-20(17-21)25(12-15-31-16-13-25)18-27-23(29)11-8-19-6-9-22(10-7-19)28-14-2-5-24(28)30/h1,3-4,6-11,17H,2,5,12-16,18H2,(H,27,29)/b11-8+. The molecule has 0 saturated carbocycles. The number of carbonyl (C=O) groups excluding carboxylic acids is 2. The summed E-state index contributed by atoms with van der Waals surface area (Å²) in [5.74, 6) is 0.0646. The maximum absolute atomic E-state index is 12.5. The van der Waals surface area contributed by atoms with Crippen molar-refractivity contribution in [2.75, 3.05) is 31.2 Å². The SMILES string of the molecule is O=C(/C=C/c1ccc(N2CCCC2=O)cc1)NCC1(c2cccc(Br)c2)CCOCC1. The zero-order valence-electron chi connectivity index (χ0n) is 17.5. The number of rotatable bonds is 6. The van der Waals surface area contributed by atoms with E-state index in [1.807, 2.05) is 41.3 Å². The van der Waals surface area contributed by atoms with Crippen molar-refractivity contribution >= 4 is 39.5 Å². The predicted octanol–water partition coefficient (Wildman–Crippen LogP) is 4.45. The normalized spacial score (nSPS) is 18.5. The third kappa shape index (κ3) is 5.25. The molecule has 0 aliphatic carbocycles. The first-order valence-corrected chi connectivity index (χ1v) is 11.6. The molecule has 162 valence electrons. The van der Waals surface area contributed by atoms with Crippen molar-refractivity contribution in [1.29, 1.82) is 0 Å². The van der Waals surface area contributed by atoms with Crippen LogP contribution in [0.25, 0.3) is 6.08 Å². The highest BCUT2D eigenvalue weighted by Gasteiger charge is 2.34. The molecule has 0 radical (unpaired) electrons. The van der Waals surface area contributed by atoms with Gasteiger partial charge in [-0.05, 0) is 60.7 Å². The molecular formula is C25H27BrN2O3. The van der Waals surface area contributed by atoms with E-state index >= 15 is 0 Å². The molecule has 0 spiro atoms. The van der Waals surface area contributed by atoms with Crippen LogP contribution in [0.1, 0.15) is 36.8 Å². The lowest BCUT2D eigenvalue weighted by atomic mass is 9.74. The van der Waals surface area contributed by atoms with E-state index in [4.69, 9.17) is 4.74 Å². The highest BCUT2D eigenvalue weighted by molar-refractivity contribution is 9.10. The fourth-order valence-corrected chi connectivity index (χ4v) is 4.72. The highest BCUT2D eigenvalue weighted by Crippen LogP contribution is 2.35. The first-order valence-electron chi connectivity index (χ1n) is 10.8. The van der Waals surface area contributed by atoms with Crippen molar-refractivity contribution in [3.63, 3.8) is 0 Å². The van der Waals surface area contributed by atoms with Gasteiger partial charge in [-0.3, -0.25) is 9.59 Å². The summed E-state index contributed by atoms with van der Waals surface area (Å²) >= 11 is 3.56. The smallest absolute Gasteiger partial charge is 0.244 e. The van der Waals surface area contributed by atoms with Crippen LogP contribution in [0, 0.1) is 0 Å². The summed E-state index contributed by atoms with van der Waals surface area (Å²) in [6, 6.07) is 16.1. The molecule has 1 N–H and O–H groups in total. The van der Waals surface area contributed by atoms with Crippen molar-refractivity contribution < 1.29 is 14.3 Å². The van der Waals surface area contributed by atoms with E-state index in [-0.39, 0.29) is 17.2 Å². The van der Waals surface area contributed by atoms with Crippen molar-refractivity contribution in [3.8, 4) is 0 Å². The number of carbonyl (C=O) groups is 2. The summed E-state index contributed by atoms with van der Waals surface area (Å²) < 4.78 is 6.62. The second-order valence-electron chi connectivity index (χ2n) is 8.19. The van der Waals surface area contributed by atoms with Gasteiger partial charge in [-0.25, -0.2) is 0 Å². The molecule has 2 saturated heterocycles. The second-order valence-corrected chi connectivity index (χ2v) is 9.11. The number of hydrogen-bond donors (Lipinski definition) is 1. The van der Waals surface area contributed by atoms with E-state index in [2.05, 4.69) is 33.4 Å². The first kappa shape index (κ1) is 21.8. The molecule has 0 bridgehead atoms. The Kier molecular flexibility index (Phi) is 6.88. The van der Waals surface area contributed by atoms with Crippen LogP contribution in [-0.4, -0.2) is 38.1 Å². The number of halogens is 1. The van der Waals surface area contributed by atoms with Gasteiger partial charge in [0.25, 0.3) is 0 Å². The molecule has 0 unspecified atom stereocenters. The van der Waals surface area contributed by atoms with E-state index in [1.165, 1.54) is 5.56 Å². The zero-order valence-corrected chi connectivity index (χ0v) is 19.1. The number of nitrogens with zero attached hydrogens (tertiary/aromatic N) is 1. The first-order chi connectivity index (χ1) is 15.1. The molecule has 2 heterocycles. The van der Waals surface area contributed by atoms with E-state index in [0.717, 1.165) is 41.5 Å². The molecular weight excluding hydrogens is 456 g/mol. The molecule has 31 heavy (non-hydrogen) atoms. The Morgan fingerprint density at radius 1 is 1.16 bits per heavy atom. The lowest BCUT2D eigenvalue weighted by Gasteiger charge is -2.38. The van der Waals surface area contributed by atoms with Gasteiger partial charge in [-0.1, -0.05) is 40.2 Å². The van der Waals surface area contributed by atoms with Gasteiger partial charge < -0.3 is 15.0 Å². The minimum absolute atomic E-state index is 0.111. The molecule has 6 heteroatoms. The summed E-state index contributed by atoms with van der Waals surface area (Å²) in [6.07, 6.45) is 6.67. The van der Waals surface area contributed by atoms with Crippen molar-refractivity contribution in [3.05, 3.63) is 70.2 Å². The van der Waals surface area contributed by atoms with Crippen molar-refractivity contribution in [1.82, 2.24) is 5.32 Å². The molecule has 5 nitrogen and oxygen atoms in total. The van der Waals surface area contributed by atoms with E-state index in [1.54, 1.807) is 12.2 Å². The van der Waals surface area contributed by atoms with Crippen LogP contribution < -0.4 is 10.2 Å². The fraction of sp³-hybridized carbons (Fsp3) is 0.360. The van der Waals surface area contributed by atoms with Crippen LogP contribution in [0.5, 0.6) is 0 Å². The third-order valence-electron chi connectivity index (χ3n) is 6.19. The lowest BCUT2D eigenvalue weighted by Crippen LogP contribution is -2.44. The van der Waals surface area contributed by atoms with Crippen molar-refractivity contribution in [2.45, 2.75) is 31.1 Å². The van der Waals surface area contributed by atoms with Crippen LogP contribution in [0.15, 0.2) is 59.1 Å². The van der Waals surface area contributed by atoms with Gasteiger partial charge in [0.15, 0.2) is 0 Å². The Hall–Kier alpha value is -2.44. The van der Waals surface area contributed by atoms with Crippen LogP contribution in [0.2, 0.25) is 0 Å². The summed E-state index contributed by atoms with van der Waals surface area (Å²) in [6.45, 7) is 2.75. The van der Waals surface area contributed by atoms with Crippen LogP contribution in [-0.2, 0) is 19.7 Å². The van der Waals surface area contributed by atoms with Gasteiger partial charge in [-0.2, -0.15) is 0 Å². The van der Waals surface area contributed by atoms with Crippen molar-refractivity contribution in [2.24, 2.45) is 0 Å². The molecule has 2 aromatic rings. The Balaban J connectivity index is 1.38. The summed E-state index contributed by atoms with van der Waals surface area (Å²) in [5, 5.41) is 3.09. The Bertz CT molecular complexity index is 965. The van der Waals surface area contributed by atoms with E-state index < -0.39 is 0 Å². The molecule has 2 fully saturated rings. The molecule has 2 aliphatic heterocycles. The Morgan fingerprint density at radius 2 is 1.94 bits per heavy atom. The lowest BCUT2D eigenvalue weighted by molar-refractivity contribution is -0.117. The van der Waals surface area contributed by atoms with Gasteiger partial charge >= 0.3 is 0 Å². The Labute approximate surface area is 191 Å². The monoisotopic (exact) mass is 482 g/mol. The zero-order chi connectivity index (χ0) is 21.7. The van der Waals surface area contributed by atoms with E-state index in [9.17, 15) is 9.59 Å². The number of hydrogen-bond acceptors (Lipinski definition) is 3. The molecule has 0 aromatic heterocycles. The van der Waals surface area contributed by atoms with Gasteiger partial charge in [0.1, 0.15) is 0 Å². The van der Waals surface area contributed by atoms with Gasteiger partial charge in [0.2, 0.25) is 11.8 Å². The quantitative estimate of drug-likeness (QED) is 0.618. The fourth-order valence-electron chi connectivity index (χ4n) is 4.32. The van der Waals surface area contributed by atoms with Gasteiger partial charge in [-0.15, -0.1) is 0 Å². The second kappa shape index (κ2) is 9.79. The molecule has 2 aromatic carbocycles. The van der Waals surface area contributed by atoms with E-state index in [0.29, 0.717) is 26.2 Å². The third-order valence-corrected chi connectivity index (χ3v) is 6.69. The van der Waals surface area contributed by atoms with Crippen LogP contribution in [0.3, 0.4) is 0 Å². The summed E-state index contributed by atoms with van der Waals surface area (Å²) in [5.41, 5.74) is 2.95. The number of benzene rings is 2. The molecule has 2 aliphatic rings. The molecule has 4 rings (SSSR count). The summed E-state index contributed by atoms with van der Waals surface area (Å²) in [7, 11) is 0. The van der Waals surface area contributed by atoms with Gasteiger partial charge in [0, 0.05) is 54.4 Å². The minimum atomic E-state index is -0.116. The minimum Gasteiger partial charge on any atom is -0.381 e. The summed E-state index contributed by atoms with van der Waals surface area (Å²) in [4.78, 5) is 26.2. The average molecular weight is 483 g/mol. The maximum Gasteiger partial charge on any atom is 0.244 e. The van der Waals surface area contributed by atoms with Crippen LogP contribution in [0.4, 0.5) is 5.69 Å². The predicted molar refractivity (Wildman–Crippen MR) is 126 cm³/mol. The number of anilines is 1. The maximum atomic E-state index is 12.5. The molecule has 2 amide bonds. The number of nitrogens with one attached hydrogen (secondary N) is 1. The largest absolute Gasteiger partial charge is 0.381 e. The average Bonchev–Trinajstić information content (AvgIpc) is 3.23. The highest BCUT2D eigenvalue weighted by atomic mass is 79.9. The topological polar surface area (TPSA) is 58.6 Å². The molecule has 0 atom stereocenters. The van der Waals surface area contributed by atoms with Crippen LogP contribution >= 0.6 is 15.9 Å². The van der Waals surface area contributed by atoms with Gasteiger partial charge in [0.05, 0.1) is 0 Å².